The number of aromatic nitrogens is 3. The zero-order chi connectivity index (χ0) is 17.7. The van der Waals surface area contributed by atoms with E-state index < -0.39 is 18.3 Å². The Morgan fingerprint density at radius 2 is 1.75 bits per heavy atom. The molecule has 0 saturated carbocycles. The van der Waals surface area contributed by atoms with Gasteiger partial charge in [0, 0.05) is 11.2 Å². The van der Waals surface area contributed by atoms with E-state index in [0.717, 1.165) is 22.5 Å². The van der Waals surface area contributed by atoms with Crippen LogP contribution in [0.5, 0.6) is 0 Å². The largest absolute Gasteiger partial charge is 0.498 e. The minimum absolute atomic E-state index is 0.367. The molecule has 0 aromatic carbocycles. The topological polar surface area (TPSA) is 53.5 Å². The summed E-state index contributed by atoms with van der Waals surface area (Å²) in [6.07, 6.45) is 1.65. The molecule has 1 saturated heterocycles. The molecule has 0 radical (unpaired) electrons. The van der Waals surface area contributed by atoms with Gasteiger partial charge in [-0.3, -0.25) is 0 Å². The molecule has 0 N–H and O–H groups in total. The van der Waals surface area contributed by atoms with Crippen molar-refractivity contribution in [3.63, 3.8) is 0 Å². The lowest BCUT2D eigenvalue weighted by molar-refractivity contribution is 0.00578. The van der Waals surface area contributed by atoms with Crippen LogP contribution in [0, 0.1) is 20.4 Å². The highest BCUT2D eigenvalue weighted by atomic mass is 16.7. The molecule has 3 rings (SSSR count). The summed E-state index contributed by atoms with van der Waals surface area (Å²) in [6.45, 7) is 19.1. The zero-order valence-electron chi connectivity index (χ0n) is 14.9. The van der Waals surface area contributed by atoms with E-state index in [1.807, 2.05) is 52.3 Å². The van der Waals surface area contributed by atoms with Gasteiger partial charge in [-0.25, -0.2) is 4.68 Å². The van der Waals surface area contributed by atoms with Crippen molar-refractivity contribution in [2.75, 3.05) is 0 Å². The Kier molecular flexibility index (Phi) is 3.78. The Morgan fingerprint density at radius 1 is 1.12 bits per heavy atom. The van der Waals surface area contributed by atoms with Gasteiger partial charge >= 0.3 is 7.12 Å². The molecule has 1 aliphatic rings. The molecule has 0 amide bonds. The van der Waals surface area contributed by atoms with Crippen LogP contribution in [0.3, 0.4) is 0 Å². The SMILES string of the molecule is [C-]#[N+]c1ccc(-n2nc(C)c(B3OC(C)(C)C(C)(C)O3)c2C)cn1. The van der Waals surface area contributed by atoms with Gasteiger partial charge in [0.05, 0.1) is 16.9 Å². The third kappa shape index (κ3) is 2.52. The number of pyridine rings is 1. The molecule has 7 heteroatoms. The Morgan fingerprint density at radius 3 is 2.25 bits per heavy atom. The molecule has 124 valence electrons. The highest BCUT2D eigenvalue weighted by Crippen LogP contribution is 2.37. The van der Waals surface area contributed by atoms with E-state index >= 15 is 0 Å². The molecule has 24 heavy (non-hydrogen) atoms. The summed E-state index contributed by atoms with van der Waals surface area (Å²) in [5.74, 6) is 0.367. The molecule has 0 bridgehead atoms. The first-order valence-electron chi connectivity index (χ1n) is 7.92. The maximum absolute atomic E-state index is 6.99. The second-order valence-electron chi connectivity index (χ2n) is 7.07. The van der Waals surface area contributed by atoms with E-state index in [2.05, 4.69) is 14.9 Å². The van der Waals surface area contributed by atoms with Crippen molar-refractivity contribution in [2.24, 2.45) is 0 Å². The van der Waals surface area contributed by atoms with Crippen LogP contribution in [0.4, 0.5) is 5.82 Å². The fourth-order valence-corrected chi connectivity index (χ4v) is 2.78. The van der Waals surface area contributed by atoms with Crippen molar-refractivity contribution in [1.29, 1.82) is 0 Å². The fraction of sp³-hybridized carbons (Fsp3) is 0.471. The van der Waals surface area contributed by atoms with Crippen LogP contribution in [0.1, 0.15) is 39.1 Å². The molecule has 2 aromatic heterocycles. The first kappa shape index (κ1) is 16.7. The summed E-state index contributed by atoms with van der Waals surface area (Å²) in [5, 5.41) is 4.62. The minimum atomic E-state index is -0.445. The van der Waals surface area contributed by atoms with Gasteiger partial charge in [0.2, 0.25) is 0 Å². The summed E-state index contributed by atoms with van der Waals surface area (Å²) in [4.78, 5) is 7.43. The molecule has 0 aliphatic carbocycles. The van der Waals surface area contributed by atoms with E-state index in [1.54, 1.807) is 12.3 Å². The highest BCUT2D eigenvalue weighted by molar-refractivity contribution is 6.63. The van der Waals surface area contributed by atoms with Crippen molar-refractivity contribution < 1.29 is 9.31 Å². The molecule has 3 heterocycles. The van der Waals surface area contributed by atoms with E-state index in [-0.39, 0.29) is 0 Å². The summed E-state index contributed by atoms with van der Waals surface area (Å²) >= 11 is 0. The number of nitrogens with zero attached hydrogens (tertiary/aromatic N) is 4. The lowest BCUT2D eigenvalue weighted by atomic mass is 9.77. The highest BCUT2D eigenvalue weighted by Gasteiger charge is 2.53. The average Bonchev–Trinajstić information content (AvgIpc) is 2.91. The Balaban J connectivity index is 2.00. The molecule has 0 unspecified atom stereocenters. The van der Waals surface area contributed by atoms with Crippen LogP contribution < -0.4 is 5.46 Å². The van der Waals surface area contributed by atoms with Gasteiger partial charge in [-0.1, -0.05) is 6.57 Å². The van der Waals surface area contributed by atoms with Gasteiger partial charge in [-0.2, -0.15) is 5.10 Å². The van der Waals surface area contributed by atoms with Gasteiger partial charge in [-0.05, 0) is 53.7 Å². The van der Waals surface area contributed by atoms with Crippen LogP contribution in [-0.4, -0.2) is 33.1 Å². The zero-order valence-corrected chi connectivity index (χ0v) is 14.9. The van der Waals surface area contributed by atoms with Crippen molar-refractivity contribution in [3.8, 4) is 5.69 Å². The summed E-state index contributed by atoms with van der Waals surface area (Å²) < 4.78 is 14.1. The lowest BCUT2D eigenvalue weighted by Gasteiger charge is -2.32. The molecule has 0 atom stereocenters. The second-order valence-corrected chi connectivity index (χ2v) is 7.07. The van der Waals surface area contributed by atoms with Crippen LogP contribution in [0.15, 0.2) is 18.3 Å². The van der Waals surface area contributed by atoms with Gasteiger partial charge in [0.25, 0.3) is 5.82 Å². The number of hydrogen-bond donors (Lipinski definition) is 0. The van der Waals surface area contributed by atoms with Gasteiger partial charge in [0.1, 0.15) is 11.9 Å². The first-order valence-corrected chi connectivity index (χ1v) is 7.92. The van der Waals surface area contributed by atoms with E-state index in [0.29, 0.717) is 5.82 Å². The molecular formula is C17H21BN4O2. The molecule has 1 aliphatic heterocycles. The molecule has 6 nitrogen and oxygen atoms in total. The fourth-order valence-electron chi connectivity index (χ4n) is 2.78. The van der Waals surface area contributed by atoms with Crippen molar-refractivity contribution in [1.82, 2.24) is 14.8 Å². The number of aryl methyl sites for hydroxylation is 1. The van der Waals surface area contributed by atoms with E-state index in [1.165, 1.54) is 0 Å². The predicted molar refractivity (Wildman–Crippen MR) is 92.8 cm³/mol. The molecular weight excluding hydrogens is 303 g/mol. The molecule has 0 spiro atoms. The first-order chi connectivity index (χ1) is 11.2. The van der Waals surface area contributed by atoms with Crippen LogP contribution in [-0.2, 0) is 9.31 Å². The molecule has 2 aromatic rings. The van der Waals surface area contributed by atoms with Crippen LogP contribution in [0.25, 0.3) is 10.5 Å². The van der Waals surface area contributed by atoms with Gasteiger partial charge in [0.15, 0.2) is 0 Å². The molecule has 1 fully saturated rings. The normalized spacial score (nSPS) is 18.6. The Labute approximate surface area is 142 Å². The monoisotopic (exact) mass is 324 g/mol. The average molecular weight is 324 g/mol. The maximum Gasteiger partial charge on any atom is 0.498 e. The van der Waals surface area contributed by atoms with Crippen LogP contribution in [0.2, 0.25) is 0 Å². The Bertz CT molecular complexity index is 802. The van der Waals surface area contributed by atoms with Crippen LogP contribution >= 0.6 is 0 Å². The smallest absolute Gasteiger partial charge is 0.399 e. The summed E-state index contributed by atoms with van der Waals surface area (Å²) in [5.41, 5.74) is 2.78. The maximum atomic E-state index is 6.99. The van der Waals surface area contributed by atoms with Crippen molar-refractivity contribution in [2.45, 2.75) is 52.7 Å². The second kappa shape index (κ2) is 5.44. The number of rotatable bonds is 2. The van der Waals surface area contributed by atoms with E-state index in [4.69, 9.17) is 15.9 Å². The summed E-state index contributed by atoms with van der Waals surface area (Å²) in [6, 6.07) is 3.53. The van der Waals surface area contributed by atoms with E-state index in [9.17, 15) is 0 Å². The van der Waals surface area contributed by atoms with Crippen molar-refractivity contribution >= 4 is 18.4 Å². The van der Waals surface area contributed by atoms with Crippen molar-refractivity contribution in [3.05, 3.63) is 41.1 Å². The Hall–Kier alpha value is -2.17. The van der Waals surface area contributed by atoms with Gasteiger partial charge < -0.3 is 14.2 Å². The quantitative estimate of drug-likeness (QED) is 0.630. The third-order valence-electron chi connectivity index (χ3n) is 4.93. The number of hydrogen-bond acceptors (Lipinski definition) is 4. The minimum Gasteiger partial charge on any atom is -0.399 e. The summed E-state index contributed by atoms with van der Waals surface area (Å²) in [7, 11) is -0.445. The predicted octanol–water partition coefficient (Wildman–Crippen LogP) is 2.73. The van der Waals surface area contributed by atoms with Gasteiger partial charge in [-0.15, -0.1) is 4.98 Å². The standard InChI is InChI=1S/C17H21BN4O2/c1-11-15(18-23-16(3,4)17(5,6)24-18)12(2)22(21-11)13-8-9-14(19-7)20-10-13/h8-10H,1-6H3. The lowest BCUT2D eigenvalue weighted by Crippen LogP contribution is -2.41. The third-order valence-corrected chi connectivity index (χ3v) is 4.93.